The number of fused-ring (bicyclic) bond motifs is 1. The second kappa shape index (κ2) is 13.1. The third-order valence-electron chi connectivity index (χ3n) is 9.67. The molecule has 1 N–H and O–H groups in total. The maximum absolute atomic E-state index is 14.9. The number of pyridine rings is 1. The van der Waals surface area contributed by atoms with Gasteiger partial charge < -0.3 is 19.6 Å². The van der Waals surface area contributed by atoms with Crippen LogP contribution in [-0.2, 0) is 9.84 Å². The van der Waals surface area contributed by atoms with Crippen LogP contribution in [0.15, 0.2) is 52.4 Å². The first-order valence-corrected chi connectivity index (χ1v) is 17.3. The summed E-state index contributed by atoms with van der Waals surface area (Å²) in [4.78, 5) is 12.7. The average molecular weight is 666 g/mol. The summed E-state index contributed by atoms with van der Waals surface area (Å²) in [5, 5.41) is 9.82. The molecule has 0 bridgehead atoms. The van der Waals surface area contributed by atoms with E-state index < -0.39 is 38.4 Å². The number of anilines is 1. The Kier molecular flexibility index (Phi) is 9.34. The SMILES string of the molecule is CCN1CCC(N2CCN(C3CCN(c4c(S(=O)(=O)c5ccc(O)cc5F)cnc5ccc(OC(F)(F)F)cc45)CC3)CC2)CC1. The third kappa shape index (κ3) is 6.90. The van der Waals surface area contributed by atoms with Gasteiger partial charge in [-0.25, -0.2) is 12.8 Å². The molecule has 0 unspecified atom stereocenters. The molecule has 250 valence electrons. The number of hydrogen-bond donors (Lipinski definition) is 1. The lowest BCUT2D eigenvalue weighted by Crippen LogP contribution is -2.56. The van der Waals surface area contributed by atoms with Crippen LogP contribution in [0, 0.1) is 5.82 Å². The molecule has 0 spiro atoms. The van der Waals surface area contributed by atoms with E-state index in [1.165, 1.54) is 18.9 Å². The van der Waals surface area contributed by atoms with E-state index in [0.717, 1.165) is 89.1 Å². The molecule has 6 rings (SSSR count). The number of ether oxygens (including phenoxy) is 1. The molecule has 0 amide bonds. The molecule has 0 atom stereocenters. The molecular weight excluding hydrogens is 626 g/mol. The number of halogens is 4. The molecule has 3 aliphatic rings. The molecule has 3 aromatic rings. The molecule has 0 saturated carbocycles. The maximum Gasteiger partial charge on any atom is 0.573 e. The zero-order valence-corrected chi connectivity index (χ0v) is 26.5. The van der Waals surface area contributed by atoms with Crippen LogP contribution in [-0.4, -0.2) is 111 Å². The first kappa shape index (κ1) is 32.7. The standard InChI is InChI=1S/C32H39F4N5O4S/c1-2-38-11-7-22(8-12-38)39-15-17-40(18-16-39)23-9-13-41(14-10-23)31-26-20-25(45-32(34,35)36)4-5-28(26)37-21-30(31)46(43,44)29-6-3-24(42)19-27(29)33/h3-6,19-23,42H,2,7-18H2,1H3. The highest BCUT2D eigenvalue weighted by Gasteiger charge is 2.35. The number of phenolic OH excluding ortho intramolecular Hbond substituents is 1. The van der Waals surface area contributed by atoms with Gasteiger partial charge in [-0.1, -0.05) is 6.92 Å². The topological polar surface area (TPSA) is 89.5 Å². The predicted molar refractivity (Wildman–Crippen MR) is 165 cm³/mol. The number of alkyl halides is 3. The molecule has 3 saturated heterocycles. The Balaban J connectivity index is 1.24. The summed E-state index contributed by atoms with van der Waals surface area (Å²) in [5.41, 5.74) is 0.435. The second-order valence-electron chi connectivity index (χ2n) is 12.3. The number of hydrogen-bond acceptors (Lipinski definition) is 9. The van der Waals surface area contributed by atoms with Gasteiger partial charge in [0.15, 0.2) is 0 Å². The van der Waals surface area contributed by atoms with E-state index in [9.17, 15) is 31.1 Å². The summed E-state index contributed by atoms with van der Waals surface area (Å²) in [5.74, 6) is -2.09. The van der Waals surface area contributed by atoms with Gasteiger partial charge in [-0.3, -0.25) is 14.8 Å². The van der Waals surface area contributed by atoms with Crippen molar-refractivity contribution in [3.8, 4) is 11.5 Å². The Labute approximate surface area is 266 Å². The van der Waals surface area contributed by atoms with Crippen molar-refractivity contribution in [2.45, 2.75) is 60.8 Å². The van der Waals surface area contributed by atoms with Gasteiger partial charge in [-0.15, -0.1) is 13.2 Å². The van der Waals surface area contributed by atoms with Crippen LogP contribution in [0.4, 0.5) is 23.2 Å². The highest BCUT2D eigenvalue weighted by Crippen LogP contribution is 2.40. The minimum Gasteiger partial charge on any atom is -0.508 e. The quantitative estimate of drug-likeness (QED) is 0.355. The minimum atomic E-state index is -4.95. The largest absolute Gasteiger partial charge is 0.573 e. The highest BCUT2D eigenvalue weighted by molar-refractivity contribution is 7.91. The first-order chi connectivity index (χ1) is 21.9. The number of sulfone groups is 1. The van der Waals surface area contributed by atoms with E-state index >= 15 is 0 Å². The van der Waals surface area contributed by atoms with Crippen LogP contribution in [0.2, 0.25) is 0 Å². The second-order valence-corrected chi connectivity index (χ2v) is 14.2. The Hall–Kier alpha value is -3.20. The molecule has 3 aliphatic heterocycles. The van der Waals surface area contributed by atoms with Gasteiger partial charge in [-0.2, -0.15) is 0 Å². The smallest absolute Gasteiger partial charge is 0.508 e. The van der Waals surface area contributed by atoms with E-state index in [1.807, 2.05) is 4.90 Å². The first-order valence-electron chi connectivity index (χ1n) is 15.8. The van der Waals surface area contributed by atoms with Crippen molar-refractivity contribution in [2.24, 2.45) is 0 Å². The normalized spacial score (nSPS) is 20.4. The Morgan fingerprint density at radius 1 is 0.870 bits per heavy atom. The molecule has 2 aromatic carbocycles. The fourth-order valence-electron chi connectivity index (χ4n) is 7.21. The van der Waals surface area contributed by atoms with Gasteiger partial charge in [0, 0.05) is 69.0 Å². The average Bonchev–Trinajstić information content (AvgIpc) is 3.03. The molecule has 4 heterocycles. The van der Waals surface area contributed by atoms with Crippen molar-refractivity contribution in [1.29, 1.82) is 0 Å². The summed E-state index contributed by atoms with van der Waals surface area (Å²) in [6, 6.07) is 7.25. The molecule has 3 fully saturated rings. The number of nitrogens with zero attached hydrogens (tertiary/aromatic N) is 5. The lowest BCUT2D eigenvalue weighted by Gasteiger charge is -2.46. The molecule has 14 heteroatoms. The van der Waals surface area contributed by atoms with E-state index in [4.69, 9.17) is 0 Å². The summed E-state index contributed by atoms with van der Waals surface area (Å²) < 4.78 is 86.2. The highest BCUT2D eigenvalue weighted by atomic mass is 32.2. The van der Waals surface area contributed by atoms with Crippen molar-refractivity contribution < 1.29 is 35.8 Å². The minimum absolute atomic E-state index is 0.156. The number of piperidine rings is 2. The van der Waals surface area contributed by atoms with Crippen molar-refractivity contribution in [1.82, 2.24) is 19.7 Å². The van der Waals surface area contributed by atoms with E-state index in [2.05, 4.69) is 31.3 Å². The number of phenols is 1. The van der Waals surface area contributed by atoms with Crippen LogP contribution >= 0.6 is 0 Å². The Morgan fingerprint density at radius 2 is 1.48 bits per heavy atom. The van der Waals surface area contributed by atoms with Crippen molar-refractivity contribution >= 4 is 26.4 Å². The molecular formula is C32H39F4N5O4S. The zero-order valence-electron chi connectivity index (χ0n) is 25.7. The van der Waals surface area contributed by atoms with E-state index in [-0.39, 0.29) is 27.5 Å². The van der Waals surface area contributed by atoms with Crippen LogP contribution < -0.4 is 9.64 Å². The number of aromatic hydroxyl groups is 1. The Morgan fingerprint density at radius 3 is 2.04 bits per heavy atom. The predicted octanol–water partition coefficient (Wildman–Crippen LogP) is 4.88. The van der Waals surface area contributed by atoms with Gasteiger partial charge in [0.25, 0.3) is 0 Å². The van der Waals surface area contributed by atoms with Gasteiger partial charge in [-0.05, 0) is 75.6 Å². The van der Waals surface area contributed by atoms with Crippen molar-refractivity contribution in [3.05, 3.63) is 48.4 Å². The van der Waals surface area contributed by atoms with Crippen LogP contribution in [0.5, 0.6) is 11.5 Å². The van der Waals surface area contributed by atoms with Crippen LogP contribution in [0.1, 0.15) is 32.6 Å². The van der Waals surface area contributed by atoms with Crippen molar-refractivity contribution in [3.63, 3.8) is 0 Å². The van der Waals surface area contributed by atoms with Crippen molar-refractivity contribution in [2.75, 3.05) is 63.8 Å². The van der Waals surface area contributed by atoms with Gasteiger partial charge in [0.1, 0.15) is 27.1 Å². The Bertz CT molecular complexity index is 1650. The zero-order chi connectivity index (χ0) is 32.6. The monoisotopic (exact) mass is 665 g/mol. The lowest BCUT2D eigenvalue weighted by atomic mass is 9.99. The third-order valence-corrected chi connectivity index (χ3v) is 11.5. The fourth-order valence-corrected chi connectivity index (χ4v) is 8.69. The summed E-state index contributed by atoms with van der Waals surface area (Å²) in [6.07, 6.45) is 0.0203. The van der Waals surface area contributed by atoms with Crippen LogP contribution in [0.25, 0.3) is 10.9 Å². The van der Waals surface area contributed by atoms with Gasteiger partial charge in [0.05, 0.1) is 11.2 Å². The number of aromatic nitrogens is 1. The number of likely N-dealkylation sites (tertiary alicyclic amines) is 1. The number of piperazine rings is 1. The van der Waals surface area contributed by atoms with Gasteiger partial charge >= 0.3 is 6.36 Å². The molecule has 46 heavy (non-hydrogen) atoms. The molecule has 9 nitrogen and oxygen atoms in total. The molecule has 0 aliphatic carbocycles. The maximum atomic E-state index is 14.9. The summed E-state index contributed by atoms with van der Waals surface area (Å²) in [7, 11) is -4.53. The number of benzene rings is 2. The lowest BCUT2D eigenvalue weighted by molar-refractivity contribution is -0.274. The fraction of sp³-hybridized carbons (Fsp3) is 0.531. The van der Waals surface area contributed by atoms with E-state index in [0.29, 0.717) is 25.2 Å². The van der Waals surface area contributed by atoms with Gasteiger partial charge in [0.2, 0.25) is 9.84 Å². The summed E-state index contributed by atoms with van der Waals surface area (Å²) in [6.45, 7) is 10.4. The molecule has 1 aromatic heterocycles. The summed E-state index contributed by atoms with van der Waals surface area (Å²) >= 11 is 0. The van der Waals surface area contributed by atoms with Crippen LogP contribution in [0.3, 0.4) is 0 Å². The molecule has 0 radical (unpaired) electrons. The number of rotatable bonds is 7. The van der Waals surface area contributed by atoms with E-state index in [1.54, 1.807) is 0 Å².